The van der Waals surface area contributed by atoms with Gasteiger partial charge in [0.2, 0.25) is 5.89 Å². The van der Waals surface area contributed by atoms with Gasteiger partial charge in [-0.15, -0.1) is 0 Å². The molecule has 1 amide bonds. The van der Waals surface area contributed by atoms with E-state index in [2.05, 4.69) is 15.0 Å². The van der Waals surface area contributed by atoms with Crippen molar-refractivity contribution in [2.45, 2.75) is 31.7 Å². The van der Waals surface area contributed by atoms with Crippen molar-refractivity contribution in [1.82, 2.24) is 19.9 Å². The van der Waals surface area contributed by atoms with E-state index in [0.29, 0.717) is 24.9 Å². The van der Waals surface area contributed by atoms with E-state index in [1.165, 1.54) is 0 Å². The molecule has 1 aliphatic carbocycles. The number of rotatable bonds is 3. The van der Waals surface area contributed by atoms with E-state index in [0.717, 1.165) is 36.3 Å². The summed E-state index contributed by atoms with van der Waals surface area (Å²) in [5.74, 6) is 2.00. The largest absolute Gasteiger partial charge is 0.338 e. The van der Waals surface area contributed by atoms with E-state index in [1.54, 1.807) is 0 Å². The number of likely N-dealkylation sites (N-methyl/N-ethyl adjacent to an activating group) is 1. The quantitative estimate of drug-likeness (QED) is 0.866. The topological polar surface area (TPSA) is 62.5 Å². The maximum Gasteiger partial charge on any atom is 0.254 e. The minimum atomic E-state index is -0.0354. The maximum atomic E-state index is 12.9. The number of nitrogens with zero attached hydrogens (tertiary/aromatic N) is 4. The summed E-state index contributed by atoms with van der Waals surface area (Å²) < 4.78 is 5.49. The summed E-state index contributed by atoms with van der Waals surface area (Å²) in [6.45, 7) is 4.06. The lowest BCUT2D eigenvalue weighted by Gasteiger charge is -2.37. The molecule has 0 N–H and O–H groups in total. The molecule has 1 aromatic carbocycles. The molecule has 1 saturated carbocycles. The number of aromatic nitrogens is 2. The maximum absolute atomic E-state index is 12.9. The number of aryl methyl sites for hydroxylation is 1. The Balaban J connectivity index is 1.53. The van der Waals surface area contributed by atoms with E-state index >= 15 is 0 Å². The third kappa shape index (κ3) is 2.82. The second-order valence-electron chi connectivity index (χ2n) is 6.83. The second-order valence-corrected chi connectivity index (χ2v) is 6.83. The summed E-state index contributed by atoms with van der Waals surface area (Å²) in [6.07, 6.45) is 2.30. The van der Waals surface area contributed by atoms with Crippen LogP contribution in [0.2, 0.25) is 0 Å². The van der Waals surface area contributed by atoms with E-state index < -0.39 is 0 Å². The minimum Gasteiger partial charge on any atom is -0.338 e. The molecule has 1 aliphatic heterocycles. The molecule has 1 saturated heterocycles. The minimum absolute atomic E-state index is 0.0354. The molecule has 0 spiro atoms. The molecule has 0 bridgehead atoms. The molecule has 4 rings (SSSR count). The van der Waals surface area contributed by atoms with Crippen molar-refractivity contribution in [3.63, 3.8) is 0 Å². The van der Waals surface area contributed by atoms with E-state index in [9.17, 15) is 4.79 Å². The number of carbonyl (C=O) groups is 1. The highest BCUT2D eigenvalue weighted by atomic mass is 16.5. The van der Waals surface area contributed by atoms with Gasteiger partial charge in [-0.05, 0) is 38.4 Å². The molecule has 0 unspecified atom stereocenters. The van der Waals surface area contributed by atoms with Gasteiger partial charge in [0.15, 0.2) is 5.82 Å². The average Bonchev–Trinajstić information content (AvgIpc) is 3.33. The monoisotopic (exact) mass is 326 g/mol. The van der Waals surface area contributed by atoms with Crippen LogP contribution in [-0.2, 0) is 0 Å². The lowest BCUT2D eigenvalue weighted by atomic mass is 10.1. The van der Waals surface area contributed by atoms with Crippen LogP contribution in [0.4, 0.5) is 0 Å². The molecular weight excluding hydrogens is 304 g/mol. The Kier molecular flexibility index (Phi) is 3.84. The molecule has 2 aromatic rings. The molecule has 2 heterocycles. The van der Waals surface area contributed by atoms with Crippen LogP contribution in [0, 0.1) is 6.92 Å². The Bertz CT molecular complexity index is 753. The fraction of sp³-hybridized carbons (Fsp3) is 0.500. The van der Waals surface area contributed by atoms with Gasteiger partial charge in [-0.2, -0.15) is 4.98 Å². The first-order chi connectivity index (χ1) is 11.6. The van der Waals surface area contributed by atoms with Crippen LogP contribution < -0.4 is 0 Å². The number of piperazine rings is 1. The highest BCUT2D eigenvalue weighted by Gasteiger charge is 2.35. The SMILES string of the molecule is Cc1ccccc1C(=O)N1CCN(C)[C@H](c2nc(C3CC3)no2)C1. The molecular formula is C18H22N4O2. The first kappa shape index (κ1) is 15.3. The highest BCUT2D eigenvalue weighted by Crippen LogP contribution is 2.38. The summed E-state index contributed by atoms with van der Waals surface area (Å²) in [6, 6.07) is 7.69. The first-order valence-corrected chi connectivity index (χ1v) is 8.52. The molecule has 2 fully saturated rings. The summed E-state index contributed by atoms with van der Waals surface area (Å²) in [7, 11) is 2.04. The molecule has 6 heteroatoms. The zero-order valence-corrected chi connectivity index (χ0v) is 14.1. The van der Waals surface area contributed by atoms with Gasteiger partial charge < -0.3 is 9.42 Å². The predicted octanol–water partition coefficient (Wildman–Crippen LogP) is 2.38. The molecule has 0 radical (unpaired) electrons. The number of amides is 1. The summed E-state index contributed by atoms with van der Waals surface area (Å²) in [5, 5.41) is 4.11. The van der Waals surface area contributed by atoms with Crippen LogP contribution in [0.15, 0.2) is 28.8 Å². The Hall–Kier alpha value is -2.21. The van der Waals surface area contributed by atoms with Crippen molar-refractivity contribution >= 4 is 5.91 Å². The van der Waals surface area contributed by atoms with Crippen molar-refractivity contribution in [1.29, 1.82) is 0 Å². The third-order valence-electron chi connectivity index (χ3n) is 5.00. The van der Waals surface area contributed by atoms with Crippen LogP contribution in [-0.4, -0.2) is 52.5 Å². The van der Waals surface area contributed by atoms with E-state index in [4.69, 9.17) is 4.52 Å². The molecule has 6 nitrogen and oxygen atoms in total. The van der Waals surface area contributed by atoms with Crippen LogP contribution in [0.1, 0.15) is 52.4 Å². The Labute approximate surface area is 141 Å². The zero-order valence-electron chi connectivity index (χ0n) is 14.1. The van der Waals surface area contributed by atoms with Gasteiger partial charge in [-0.1, -0.05) is 23.4 Å². The number of carbonyl (C=O) groups excluding carboxylic acids is 1. The lowest BCUT2D eigenvalue weighted by molar-refractivity contribution is 0.0488. The molecule has 126 valence electrons. The molecule has 2 aliphatic rings. The lowest BCUT2D eigenvalue weighted by Crippen LogP contribution is -2.49. The molecule has 1 aromatic heterocycles. The van der Waals surface area contributed by atoms with Gasteiger partial charge in [0, 0.05) is 31.1 Å². The zero-order chi connectivity index (χ0) is 16.7. The van der Waals surface area contributed by atoms with Crippen LogP contribution in [0.3, 0.4) is 0 Å². The van der Waals surface area contributed by atoms with Crippen molar-refractivity contribution < 1.29 is 9.32 Å². The smallest absolute Gasteiger partial charge is 0.254 e. The molecule has 24 heavy (non-hydrogen) atoms. The highest BCUT2D eigenvalue weighted by molar-refractivity contribution is 5.95. The van der Waals surface area contributed by atoms with Crippen LogP contribution in [0.25, 0.3) is 0 Å². The summed E-state index contributed by atoms with van der Waals surface area (Å²) >= 11 is 0. The Morgan fingerprint density at radius 2 is 2.04 bits per heavy atom. The molecule has 1 atom stereocenters. The predicted molar refractivity (Wildman–Crippen MR) is 88.7 cm³/mol. The van der Waals surface area contributed by atoms with Crippen LogP contribution >= 0.6 is 0 Å². The van der Waals surface area contributed by atoms with Gasteiger partial charge in [-0.25, -0.2) is 0 Å². The number of hydrogen-bond donors (Lipinski definition) is 0. The van der Waals surface area contributed by atoms with Gasteiger partial charge in [0.05, 0.1) is 0 Å². The van der Waals surface area contributed by atoms with Crippen molar-refractivity contribution in [2.24, 2.45) is 0 Å². The first-order valence-electron chi connectivity index (χ1n) is 8.52. The van der Waals surface area contributed by atoms with Gasteiger partial charge >= 0.3 is 0 Å². The fourth-order valence-electron chi connectivity index (χ4n) is 3.20. The summed E-state index contributed by atoms with van der Waals surface area (Å²) in [5.41, 5.74) is 1.77. The third-order valence-corrected chi connectivity index (χ3v) is 5.00. The van der Waals surface area contributed by atoms with Gasteiger partial charge in [0.25, 0.3) is 5.91 Å². The van der Waals surface area contributed by atoms with E-state index in [1.807, 2.05) is 43.1 Å². The van der Waals surface area contributed by atoms with E-state index in [-0.39, 0.29) is 11.9 Å². The van der Waals surface area contributed by atoms with Crippen molar-refractivity contribution in [3.05, 3.63) is 47.1 Å². The van der Waals surface area contributed by atoms with Crippen molar-refractivity contribution in [2.75, 3.05) is 26.7 Å². The number of hydrogen-bond acceptors (Lipinski definition) is 5. The number of benzene rings is 1. The van der Waals surface area contributed by atoms with Gasteiger partial charge in [0.1, 0.15) is 6.04 Å². The normalized spacial score (nSPS) is 21.9. The second kappa shape index (κ2) is 6.02. The van der Waals surface area contributed by atoms with Crippen LogP contribution in [0.5, 0.6) is 0 Å². The van der Waals surface area contributed by atoms with Crippen molar-refractivity contribution in [3.8, 4) is 0 Å². The van der Waals surface area contributed by atoms with Gasteiger partial charge in [-0.3, -0.25) is 9.69 Å². The Morgan fingerprint density at radius 1 is 1.25 bits per heavy atom. The average molecular weight is 326 g/mol. The Morgan fingerprint density at radius 3 is 2.79 bits per heavy atom. The fourth-order valence-corrected chi connectivity index (χ4v) is 3.20. The standard InChI is InChI=1S/C18H22N4O2/c1-12-5-3-4-6-14(12)18(23)22-10-9-21(2)15(11-22)17-19-16(20-24-17)13-7-8-13/h3-6,13,15H,7-11H2,1-2H3/t15-/m0/s1. The summed E-state index contributed by atoms with van der Waals surface area (Å²) in [4.78, 5) is 21.5.